The highest BCUT2D eigenvalue weighted by atomic mass is 19.1. The Morgan fingerprint density at radius 3 is 2.21 bits per heavy atom. The molecule has 2 aromatic rings. The van der Waals surface area contributed by atoms with Crippen molar-refractivity contribution in [1.29, 1.82) is 0 Å². The van der Waals surface area contributed by atoms with Crippen LogP contribution < -0.4 is 10.5 Å². The van der Waals surface area contributed by atoms with E-state index >= 15 is 0 Å². The molecule has 0 aliphatic heterocycles. The Hall–Kier alpha value is -1.87. The van der Waals surface area contributed by atoms with Gasteiger partial charge in [0.15, 0.2) is 0 Å². The third kappa shape index (κ3) is 3.32. The van der Waals surface area contributed by atoms with Crippen molar-refractivity contribution >= 4 is 0 Å². The van der Waals surface area contributed by atoms with Crippen molar-refractivity contribution in [2.75, 3.05) is 6.54 Å². The van der Waals surface area contributed by atoms with Crippen molar-refractivity contribution in [2.45, 2.75) is 20.3 Å². The van der Waals surface area contributed by atoms with Gasteiger partial charge in [0, 0.05) is 0 Å². The van der Waals surface area contributed by atoms with Gasteiger partial charge in [0.1, 0.15) is 17.3 Å². The summed E-state index contributed by atoms with van der Waals surface area (Å²) in [5.74, 6) is 1.21. The Kier molecular flexibility index (Phi) is 4.17. The fraction of sp³-hybridized carbons (Fsp3) is 0.250. The number of hydrogen-bond donors (Lipinski definition) is 1. The molecule has 0 atom stereocenters. The molecule has 0 aliphatic rings. The molecule has 3 heteroatoms. The van der Waals surface area contributed by atoms with Crippen LogP contribution in [0.25, 0.3) is 0 Å². The SMILES string of the molecule is Cc1cc(F)ccc1Oc1ccc(CCN)cc1C. The third-order valence-electron chi connectivity index (χ3n) is 3.03. The number of halogens is 1. The second-order valence-electron chi connectivity index (χ2n) is 4.65. The van der Waals surface area contributed by atoms with Crippen LogP contribution in [0.4, 0.5) is 4.39 Å². The van der Waals surface area contributed by atoms with Crippen molar-refractivity contribution in [2.24, 2.45) is 5.73 Å². The maximum Gasteiger partial charge on any atom is 0.130 e. The molecule has 0 heterocycles. The van der Waals surface area contributed by atoms with Gasteiger partial charge in [-0.05, 0) is 67.8 Å². The molecule has 0 bridgehead atoms. The molecule has 2 nitrogen and oxygen atoms in total. The fourth-order valence-corrected chi connectivity index (χ4v) is 1.99. The zero-order chi connectivity index (χ0) is 13.8. The molecule has 2 rings (SSSR count). The Morgan fingerprint density at radius 1 is 1.00 bits per heavy atom. The van der Waals surface area contributed by atoms with Gasteiger partial charge in [-0.25, -0.2) is 4.39 Å². The summed E-state index contributed by atoms with van der Waals surface area (Å²) in [6.45, 7) is 4.46. The van der Waals surface area contributed by atoms with Crippen LogP contribution >= 0.6 is 0 Å². The highest BCUT2D eigenvalue weighted by molar-refractivity contribution is 5.42. The maximum absolute atomic E-state index is 13.0. The number of rotatable bonds is 4. The standard InChI is InChI=1S/C16H18FNO/c1-11-9-13(7-8-18)3-5-15(11)19-16-6-4-14(17)10-12(16)2/h3-6,9-10H,7-8,18H2,1-2H3. The van der Waals surface area contributed by atoms with E-state index in [2.05, 4.69) is 6.07 Å². The number of hydrogen-bond acceptors (Lipinski definition) is 2. The maximum atomic E-state index is 13.0. The molecular formula is C16H18FNO. The summed E-state index contributed by atoms with van der Waals surface area (Å²) in [6, 6.07) is 10.5. The quantitative estimate of drug-likeness (QED) is 0.907. The van der Waals surface area contributed by atoms with E-state index in [9.17, 15) is 4.39 Å². The molecule has 0 aromatic heterocycles. The molecule has 0 radical (unpaired) electrons. The smallest absolute Gasteiger partial charge is 0.130 e. The van der Waals surface area contributed by atoms with Crippen LogP contribution in [-0.4, -0.2) is 6.54 Å². The van der Waals surface area contributed by atoms with Crippen molar-refractivity contribution in [1.82, 2.24) is 0 Å². The van der Waals surface area contributed by atoms with Crippen LogP contribution in [0.3, 0.4) is 0 Å². The Morgan fingerprint density at radius 2 is 1.63 bits per heavy atom. The Balaban J connectivity index is 2.23. The average molecular weight is 259 g/mol. The van der Waals surface area contributed by atoms with Crippen molar-refractivity contribution in [3.63, 3.8) is 0 Å². The molecule has 0 saturated carbocycles. The number of nitrogens with two attached hydrogens (primary N) is 1. The highest BCUT2D eigenvalue weighted by Crippen LogP contribution is 2.28. The van der Waals surface area contributed by atoms with E-state index in [0.717, 1.165) is 23.3 Å². The molecule has 0 amide bonds. The zero-order valence-corrected chi connectivity index (χ0v) is 11.2. The van der Waals surface area contributed by atoms with Gasteiger partial charge in [-0.3, -0.25) is 0 Å². The topological polar surface area (TPSA) is 35.2 Å². The van der Waals surface area contributed by atoms with E-state index in [-0.39, 0.29) is 5.82 Å². The predicted molar refractivity (Wildman–Crippen MR) is 75.1 cm³/mol. The van der Waals surface area contributed by atoms with Gasteiger partial charge in [-0.2, -0.15) is 0 Å². The molecule has 19 heavy (non-hydrogen) atoms. The van der Waals surface area contributed by atoms with E-state index in [1.807, 2.05) is 26.0 Å². The van der Waals surface area contributed by atoms with E-state index < -0.39 is 0 Å². The Labute approximate surface area is 113 Å². The summed E-state index contributed by atoms with van der Waals surface area (Å²) >= 11 is 0. The second-order valence-corrected chi connectivity index (χ2v) is 4.65. The molecule has 0 spiro atoms. The van der Waals surface area contributed by atoms with Gasteiger partial charge in [0.2, 0.25) is 0 Å². The van der Waals surface area contributed by atoms with Gasteiger partial charge < -0.3 is 10.5 Å². The minimum atomic E-state index is -0.250. The fourth-order valence-electron chi connectivity index (χ4n) is 1.99. The summed E-state index contributed by atoms with van der Waals surface area (Å²) < 4.78 is 18.9. The van der Waals surface area contributed by atoms with Crippen LogP contribution in [0, 0.1) is 19.7 Å². The largest absolute Gasteiger partial charge is 0.457 e. The van der Waals surface area contributed by atoms with Crippen LogP contribution in [-0.2, 0) is 6.42 Å². The molecule has 0 unspecified atom stereocenters. The van der Waals surface area contributed by atoms with Crippen LogP contribution in [0.1, 0.15) is 16.7 Å². The van der Waals surface area contributed by atoms with Crippen LogP contribution in [0.15, 0.2) is 36.4 Å². The first-order valence-electron chi connectivity index (χ1n) is 6.34. The number of benzene rings is 2. The lowest BCUT2D eigenvalue weighted by atomic mass is 10.1. The third-order valence-corrected chi connectivity index (χ3v) is 3.03. The molecular weight excluding hydrogens is 241 g/mol. The predicted octanol–water partition coefficient (Wildman–Crippen LogP) is 3.74. The van der Waals surface area contributed by atoms with E-state index in [1.165, 1.54) is 17.7 Å². The lowest BCUT2D eigenvalue weighted by molar-refractivity contribution is 0.472. The first-order valence-corrected chi connectivity index (χ1v) is 6.34. The van der Waals surface area contributed by atoms with E-state index in [4.69, 9.17) is 10.5 Å². The first-order chi connectivity index (χ1) is 9.10. The first kappa shape index (κ1) is 13.6. The lowest BCUT2D eigenvalue weighted by Gasteiger charge is -2.12. The van der Waals surface area contributed by atoms with Crippen molar-refractivity contribution in [3.05, 3.63) is 58.9 Å². The summed E-state index contributed by atoms with van der Waals surface area (Å²) in [7, 11) is 0. The van der Waals surface area contributed by atoms with Gasteiger partial charge >= 0.3 is 0 Å². The highest BCUT2D eigenvalue weighted by Gasteiger charge is 2.06. The van der Waals surface area contributed by atoms with Crippen LogP contribution in [0.5, 0.6) is 11.5 Å². The summed E-state index contributed by atoms with van der Waals surface area (Å²) in [4.78, 5) is 0. The summed E-state index contributed by atoms with van der Waals surface area (Å²) in [6.07, 6.45) is 0.858. The van der Waals surface area contributed by atoms with E-state index in [0.29, 0.717) is 12.3 Å². The molecule has 2 aromatic carbocycles. The summed E-state index contributed by atoms with van der Waals surface area (Å²) in [5, 5.41) is 0. The van der Waals surface area contributed by atoms with E-state index in [1.54, 1.807) is 6.07 Å². The molecule has 0 fully saturated rings. The van der Waals surface area contributed by atoms with Crippen LogP contribution in [0.2, 0.25) is 0 Å². The van der Waals surface area contributed by atoms with Gasteiger partial charge in [-0.1, -0.05) is 12.1 Å². The second kappa shape index (κ2) is 5.85. The molecule has 0 saturated heterocycles. The van der Waals surface area contributed by atoms with Gasteiger partial charge in [0.05, 0.1) is 0 Å². The normalized spacial score (nSPS) is 10.5. The van der Waals surface area contributed by atoms with Gasteiger partial charge in [-0.15, -0.1) is 0 Å². The zero-order valence-electron chi connectivity index (χ0n) is 11.2. The average Bonchev–Trinajstić information content (AvgIpc) is 2.36. The minimum absolute atomic E-state index is 0.250. The van der Waals surface area contributed by atoms with Crippen molar-refractivity contribution < 1.29 is 9.13 Å². The molecule has 2 N–H and O–H groups in total. The number of aryl methyl sites for hydroxylation is 2. The van der Waals surface area contributed by atoms with Gasteiger partial charge in [0.25, 0.3) is 0 Å². The minimum Gasteiger partial charge on any atom is -0.457 e. The molecule has 100 valence electrons. The monoisotopic (exact) mass is 259 g/mol. The molecule has 0 aliphatic carbocycles. The Bertz CT molecular complexity index is 581. The lowest BCUT2D eigenvalue weighted by Crippen LogP contribution is -2.03. The summed E-state index contributed by atoms with van der Waals surface area (Å²) in [5.41, 5.74) is 8.57. The van der Waals surface area contributed by atoms with Crippen molar-refractivity contribution in [3.8, 4) is 11.5 Å². The number of ether oxygens (including phenoxy) is 1.